The first-order valence-corrected chi connectivity index (χ1v) is 6.43. The summed E-state index contributed by atoms with van der Waals surface area (Å²) < 4.78 is 11.4. The maximum absolute atomic E-state index is 5.85. The summed E-state index contributed by atoms with van der Waals surface area (Å²) >= 11 is 0. The van der Waals surface area contributed by atoms with E-state index in [4.69, 9.17) is 15.2 Å². The predicted octanol–water partition coefficient (Wildman–Crippen LogP) is 1.42. The minimum absolute atomic E-state index is 0.0330. The fraction of sp³-hybridized carbons (Fsp3) is 0.571. The average molecular weight is 250 g/mol. The molecule has 1 fully saturated rings. The van der Waals surface area contributed by atoms with Crippen molar-refractivity contribution in [1.29, 1.82) is 0 Å². The largest absolute Gasteiger partial charge is 0.491 e. The first kappa shape index (κ1) is 13.3. The third kappa shape index (κ3) is 3.70. The van der Waals surface area contributed by atoms with Crippen molar-refractivity contribution in [2.75, 3.05) is 33.4 Å². The molecular weight excluding hydrogens is 228 g/mol. The lowest BCUT2D eigenvalue weighted by Crippen LogP contribution is -2.42. The van der Waals surface area contributed by atoms with E-state index in [2.05, 4.69) is 11.9 Å². The van der Waals surface area contributed by atoms with E-state index < -0.39 is 0 Å². The van der Waals surface area contributed by atoms with E-state index in [0.717, 1.165) is 31.0 Å². The monoisotopic (exact) mass is 250 g/mol. The van der Waals surface area contributed by atoms with E-state index in [0.29, 0.717) is 6.61 Å². The highest BCUT2D eigenvalue weighted by molar-refractivity contribution is 5.30. The minimum Gasteiger partial charge on any atom is -0.491 e. The van der Waals surface area contributed by atoms with Crippen LogP contribution in [0.15, 0.2) is 24.3 Å². The molecule has 0 radical (unpaired) electrons. The van der Waals surface area contributed by atoms with Gasteiger partial charge in [0.1, 0.15) is 18.5 Å². The predicted molar refractivity (Wildman–Crippen MR) is 71.8 cm³/mol. The second kappa shape index (κ2) is 6.18. The van der Waals surface area contributed by atoms with Gasteiger partial charge in [0.2, 0.25) is 0 Å². The summed E-state index contributed by atoms with van der Waals surface area (Å²) in [4.78, 5) is 2.26. The molecule has 100 valence electrons. The number of hydrogen-bond acceptors (Lipinski definition) is 4. The molecule has 1 aliphatic heterocycles. The van der Waals surface area contributed by atoms with E-state index in [1.807, 2.05) is 31.2 Å². The van der Waals surface area contributed by atoms with Gasteiger partial charge in [-0.15, -0.1) is 0 Å². The Bertz CT molecular complexity index is 382. The zero-order valence-electron chi connectivity index (χ0n) is 11.1. The molecule has 1 aromatic rings. The maximum atomic E-state index is 5.85. The van der Waals surface area contributed by atoms with Gasteiger partial charge in [-0.05, 0) is 31.7 Å². The van der Waals surface area contributed by atoms with E-state index in [-0.39, 0.29) is 12.1 Å². The average Bonchev–Trinajstić information content (AvgIpc) is 2.37. The summed E-state index contributed by atoms with van der Waals surface area (Å²) in [7, 11) is 2.10. The molecule has 0 spiro atoms. The molecule has 0 aliphatic carbocycles. The van der Waals surface area contributed by atoms with Gasteiger partial charge < -0.3 is 20.1 Å². The Labute approximate surface area is 109 Å². The highest BCUT2D eigenvalue weighted by atomic mass is 16.5. The molecule has 2 atom stereocenters. The lowest BCUT2D eigenvalue weighted by molar-refractivity contribution is -0.0403. The Balaban J connectivity index is 1.87. The number of likely N-dealkylation sites (N-methyl/N-ethyl adjacent to an activating group) is 1. The van der Waals surface area contributed by atoms with Gasteiger partial charge in [-0.1, -0.05) is 12.1 Å². The molecule has 0 aromatic heterocycles. The molecule has 4 heteroatoms. The minimum atomic E-state index is 0.0330. The molecule has 2 rings (SSSR count). The third-order valence-electron chi connectivity index (χ3n) is 3.16. The van der Waals surface area contributed by atoms with Crippen molar-refractivity contribution in [2.24, 2.45) is 5.73 Å². The van der Waals surface area contributed by atoms with Gasteiger partial charge in [0.05, 0.1) is 6.61 Å². The van der Waals surface area contributed by atoms with Crippen LogP contribution >= 0.6 is 0 Å². The Kier molecular flexibility index (Phi) is 4.58. The third-order valence-corrected chi connectivity index (χ3v) is 3.16. The van der Waals surface area contributed by atoms with Crippen LogP contribution in [-0.2, 0) is 4.74 Å². The summed E-state index contributed by atoms with van der Waals surface area (Å²) in [5.41, 5.74) is 6.94. The standard InChI is InChI=1S/C14H22N2O2/c1-11(15)12-4-3-5-13(8-12)18-10-14-9-16(2)6-7-17-14/h3-5,8,11,14H,6-7,9-10,15H2,1-2H3/t11-,14?/m0/s1. The van der Waals surface area contributed by atoms with Crippen LogP contribution in [0.2, 0.25) is 0 Å². The SMILES string of the molecule is C[C@H](N)c1cccc(OCC2CN(C)CCO2)c1. The Hall–Kier alpha value is -1.10. The molecule has 1 unspecified atom stereocenters. The van der Waals surface area contributed by atoms with Gasteiger partial charge in [-0.3, -0.25) is 0 Å². The number of benzene rings is 1. The number of nitrogens with zero attached hydrogens (tertiary/aromatic N) is 1. The van der Waals surface area contributed by atoms with Crippen molar-refractivity contribution in [1.82, 2.24) is 4.90 Å². The highest BCUT2D eigenvalue weighted by Gasteiger charge is 2.18. The van der Waals surface area contributed by atoms with E-state index in [1.165, 1.54) is 0 Å². The van der Waals surface area contributed by atoms with Crippen molar-refractivity contribution in [2.45, 2.75) is 19.1 Å². The van der Waals surface area contributed by atoms with Crippen LogP contribution in [0.25, 0.3) is 0 Å². The van der Waals surface area contributed by atoms with E-state index in [1.54, 1.807) is 0 Å². The first-order chi connectivity index (χ1) is 8.65. The van der Waals surface area contributed by atoms with Gasteiger partial charge >= 0.3 is 0 Å². The van der Waals surface area contributed by atoms with Crippen LogP contribution in [-0.4, -0.2) is 44.4 Å². The van der Waals surface area contributed by atoms with Gasteiger partial charge in [0, 0.05) is 19.1 Å². The smallest absolute Gasteiger partial charge is 0.119 e. The second-order valence-corrected chi connectivity index (χ2v) is 4.93. The molecule has 18 heavy (non-hydrogen) atoms. The molecule has 4 nitrogen and oxygen atoms in total. The first-order valence-electron chi connectivity index (χ1n) is 6.43. The van der Waals surface area contributed by atoms with Crippen molar-refractivity contribution in [3.63, 3.8) is 0 Å². The lowest BCUT2D eigenvalue weighted by atomic mass is 10.1. The number of ether oxygens (including phenoxy) is 2. The summed E-state index contributed by atoms with van der Waals surface area (Å²) in [5, 5.41) is 0. The van der Waals surface area contributed by atoms with Gasteiger partial charge in [0.25, 0.3) is 0 Å². The van der Waals surface area contributed by atoms with E-state index in [9.17, 15) is 0 Å². The van der Waals surface area contributed by atoms with Crippen molar-refractivity contribution >= 4 is 0 Å². The second-order valence-electron chi connectivity index (χ2n) is 4.93. The topological polar surface area (TPSA) is 47.7 Å². The summed E-state index contributed by atoms with van der Waals surface area (Å²) in [6.45, 7) is 5.26. The fourth-order valence-electron chi connectivity index (χ4n) is 2.04. The van der Waals surface area contributed by atoms with Crippen molar-refractivity contribution in [3.8, 4) is 5.75 Å². The molecule has 1 saturated heterocycles. The number of hydrogen-bond donors (Lipinski definition) is 1. The molecule has 0 bridgehead atoms. The van der Waals surface area contributed by atoms with Crippen LogP contribution in [0.1, 0.15) is 18.5 Å². The van der Waals surface area contributed by atoms with Crippen LogP contribution in [0.5, 0.6) is 5.75 Å². The van der Waals surface area contributed by atoms with Crippen LogP contribution in [0.4, 0.5) is 0 Å². The van der Waals surface area contributed by atoms with Crippen molar-refractivity contribution < 1.29 is 9.47 Å². The molecule has 0 saturated carbocycles. The van der Waals surface area contributed by atoms with Gasteiger partial charge in [-0.25, -0.2) is 0 Å². The number of nitrogens with two attached hydrogens (primary N) is 1. The quantitative estimate of drug-likeness (QED) is 0.878. The van der Waals surface area contributed by atoms with Gasteiger partial charge in [0.15, 0.2) is 0 Å². The summed E-state index contributed by atoms with van der Waals surface area (Å²) in [5.74, 6) is 0.863. The Morgan fingerprint density at radius 3 is 3.11 bits per heavy atom. The van der Waals surface area contributed by atoms with Gasteiger partial charge in [-0.2, -0.15) is 0 Å². The number of morpholine rings is 1. The van der Waals surface area contributed by atoms with Crippen LogP contribution in [0.3, 0.4) is 0 Å². The lowest BCUT2D eigenvalue weighted by Gasteiger charge is -2.29. The fourth-order valence-corrected chi connectivity index (χ4v) is 2.04. The van der Waals surface area contributed by atoms with Crippen LogP contribution < -0.4 is 10.5 Å². The Morgan fingerprint density at radius 1 is 1.56 bits per heavy atom. The highest BCUT2D eigenvalue weighted by Crippen LogP contribution is 2.18. The Morgan fingerprint density at radius 2 is 2.39 bits per heavy atom. The van der Waals surface area contributed by atoms with Crippen LogP contribution in [0, 0.1) is 0 Å². The number of rotatable bonds is 4. The molecule has 2 N–H and O–H groups in total. The molecule has 1 aliphatic rings. The summed E-state index contributed by atoms with van der Waals surface area (Å²) in [6.07, 6.45) is 0.155. The molecule has 1 aromatic carbocycles. The zero-order valence-corrected chi connectivity index (χ0v) is 11.1. The normalized spacial score (nSPS) is 22.7. The maximum Gasteiger partial charge on any atom is 0.119 e. The molecule has 0 amide bonds. The summed E-state index contributed by atoms with van der Waals surface area (Å²) in [6, 6.07) is 7.98. The van der Waals surface area contributed by atoms with E-state index >= 15 is 0 Å². The molecular formula is C14H22N2O2. The molecule has 1 heterocycles. The van der Waals surface area contributed by atoms with Crippen molar-refractivity contribution in [3.05, 3.63) is 29.8 Å². The zero-order chi connectivity index (χ0) is 13.0.